The van der Waals surface area contributed by atoms with E-state index in [9.17, 15) is 9.59 Å². The van der Waals surface area contributed by atoms with E-state index in [-0.39, 0.29) is 12.5 Å². The minimum Gasteiger partial charge on any atom is -0.467 e. The lowest BCUT2D eigenvalue weighted by Gasteiger charge is -2.29. The Hall–Kier alpha value is -3.00. The molecule has 0 bridgehead atoms. The molecule has 0 aliphatic carbocycles. The maximum atomic E-state index is 12.8. The van der Waals surface area contributed by atoms with Crippen molar-refractivity contribution >= 4 is 28.3 Å². The summed E-state index contributed by atoms with van der Waals surface area (Å²) < 4.78 is 9.90. The fraction of sp³-hybridized carbons (Fsp3) is 0.300. The average Bonchev–Trinajstić information content (AvgIpc) is 2.63. The average molecular weight is 339 g/mol. The number of carbonyl (C=O) groups excluding carboxylic acids is 2. The van der Waals surface area contributed by atoms with E-state index in [4.69, 9.17) is 9.47 Å². The molecule has 0 heterocycles. The Morgan fingerprint density at radius 3 is 2.60 bits per heavy atom. The van der Waals surface area contributed by atoms with Crippen LogP contribution in [0.4, 0.5) is 5.69 Å². The lowest BCUT2D eigenvalue weighted by Crippen LogP contribution is -2.46. The van der Waals surface area contributed by atoms with Gasteiger partial charge in [-0.3, -0.25) is 9.69 Å². The van der Waals surface area contributed by atoms with E-state index in [0.29, 0.717) is 5.69 Å². The van der Waals surface area contributed by atoms with Gasteiger partial charge in [0.1, 0.15) is 12.1 Å². The predicted molar refractivity (Wildman–Crippen MR) is 97.1 cm³/mol. The molecule has 0 saturated heterocycles. The third-order valence-corrected chi connectivity index (χ3v) is 3.91. The summed E-state index contributed by atoms with van der Waals surface area (Å²) in [4.78, 5) is 26.4. The molecule has 0 saturated carbocycles. The zero-order chi connectivity index (χ0) is 18.4. The number of anilines is 1. The van der Waals surface area contributed by atoms with Crippen LogP contribution in [0, 0.1) is 19.0 Å². The molecule has 0 unspecified atom stereocenters. The number of rotatable bonds is 5. The molecule has 5 heteroatoms. The molecule has 0 aliphatic heterocycles. The number of carbonyl (C=O) groups is 2. The van der Waals surface area contributed by atoms with Gasteiger partial charge in [-0.05, 0) is 24.8 Å². The van der Waals surface area contributed by atoms with E-state index in [1.807, 2.05) is 43.3 Å². The van der Waals surface area contributed by atoms with E-state index in [1.165, 1.54) is 12.0 Å². The summed E-state index contributed by atoms with van der Waals surface area (Å²) in [6, 6.07) is 10.8. The molecule has 5 nitrogen and oxygen atoms in total. The van der Waals surface area contributed by atoms with Crippen molar-refractivity contribution in [3.63, 3.8) is 0 Å². The molecular weight excluding hydrogens is 318 g/mol. The first-order valence-corrected chi connectivity index (χ1v) is 7.93. The Balaban J connectivity index is 2.58. The lowest BCUT2D eigenvalue weighted by molar-refractivity contribution is -0.143. The summed E-state index contributed by atoms with van der Waals surface area (Å²) in [5.74, 6) is 1.71. The van der Waals surface area contributed by atoms with Gasteiger partial charge in [0.05, 0.1) is 12.8 Å². The Morgan fingerprint density at radius 2 is 1.92 bits per heavy atom. The third-order valence-electron chi connectivity index (χ3n) is 3.91. The maximum absolute atomic E-state index is 12.8. The van der Waals surface area contributed by atoms with E-state index in [2.05, 4.69) is 12.0 Å². The van der Waals surface area contributed by atoms with Crippen LogP contribution in [0.15, 0.2) is 36.4 Å². The van der Waals surface area contributed by atoms with Gasteiger partial charge in [0, 0.05) is 12.3 Å². The van der Waals surface area contributed by atoms with Crippen molar-refractivity contribution in [3.05, 3.63) is 42.0 Å². The van der Waals surface area contributed by atoms with E-state index in [1.54, 1.807) is 13.8 Å². The number of esters is 1. The number of aryl methyl sites for hydroxylation is 1. The zero-order valence-corrected chi connectivity index (χ0v) is 14.8. The Bertz CT molecular complexity index is 848. The van der Waals surface area contributed by atoms with Crippen molar-refractivity contribution in [2.24, 2.45) is 0 Å². The highest BCUT2D eigenvalue weighted by Gasteiger charge is 2.30. The van der Waals surface area contributed by atoms with Gasteiger partial charge in [0.2, 0.25) is 0 Å². The van der Waals surface area contributed by atoms with Crippen LogP contribution in [-0.4, -0.2) is 31.6 Å². The minimum absolute atomic E-state index is 0.245. The number of nitrogens with zero attached hydrogens (tertiary/aromatic N) is 1. The third kappa shape index (κ3) is 3.92. The van der Waals surface area contributed by atoms with Gasteiger partial charge >= 0.3 is 5.97 Å². The number of fused-ring (bicyclic) bond motifs is 1. The van der Waals surface area contributed by atoms with Crippen LogP contribution in [0.1, 0.15) is 19.4 Å². The van der Waals surface area contributed by atoms with Crippen molar-refractivity contribution in [2.45, 2.75) is 26.8 Å². The molecule has 2 aromatic rings. The molecule has 0 N–H and O–H groups in total. The molecule has 1 amide bonds. The van der Waals surface area contributed by atoms with Gasteiger partial charge in [-0.2, -0.15) is 0 Å². The van der Waals surface area contributed by atoms with Crippen LogP contribution in [0.25, 0.3) is 10.8 Å². The largest absolute Gasteiger partial charge is 0.467 e. The number of hydrogen-bond acceptors (Lipinski definition) is 4. The van der Waals surface area contributed by atoms with Crippen molar-refractivity contribution in [2.75, 3.05) is 18.6 Å². The number of benzene rings is 2. The highest BCUT2D eigenvalue weighted by atomic mass is 16.5. The Morgan fingerprint density at radius 1 is 1.20 bits per heavy atom. The minimum atomic E-state index is -0.791. The second-order valence-corrected chi connectivity index (χ2v) is 5.56. The smallest absolute Gasteiger partial charge is 0.328 e. The molecule has 130 valence electrons. The van der Waals surface area contributed by atoms with Gasteiger partial charge in [0.25, 0.3) is 5.91 Å². The van der Waals surface area contributed by atoms with Gasteiger partial charge in [-0.15, -0.1) is 0 Å². The Kier molecular flexibility index (Phi) is 6.02. The van der Waals surface area contributed by atoms with Crippen molar-refractivity contribution in [1.29, 1.82) is 0 Å². The summed E-state index contributed by atoms with van der Waals surface area (Å²) in [5.41, 5.74) is 1.55. The molecule has 2 rings (SSSR count). The highest BCUT2D eigenvalue weighted by molar-refractivity contribution is 6.08. The van der Waals surface area contributed by atoms with E-state index >= 15 is 0 Å². The van der Waals surface area contributed by atoms with Crippen molar-refractivity contribution in [3.8, 4) is 12.0 Å². The van der Waals surface area contributed by atoms with Crippen LogP contribution in [0.2, 0.25) is 0 Å². The number of hydrogen-bond donors (Lipinski definition) is 0. The first-order valence-electron chi connectivity index (χ1n) is 7.93. The number of methoxy groups -OCH3 is 1. The van der Waals surface area contributed by atoms with Crippen LogP contribution in [0.5, 0.6) is 0 Å². The van der Waals surface area contributed by atoms with E-state index < -0.39 is 12.0 Å². The second kappa shape index (κ2) is 8.20. The maximum Gasteiger partial charge on any atom is 0.328 e. The van der Waals surface area contributed by atoms with E-state index in [0.717, 1.165) is 16.3 Å². The normalized spacial score (nSPS) is 11.2. The monoisotopic (exact) mass is 339 g/mol. The summed E-state index contributed by atoms with van der Waals surface area (Å²) in [5, 5.41) is 1.86. The Labute approximate surface area is 147 Å². The fourth-order valence-electron chi connectivity index (χ4n) is 2.73. The molecule has 0 aliphatic rings. The zero-order valence-electron chi connectivity index (χ0n) is 14.8. The number of amides is 1. The molecule has 1 atom stereocenters. The first-order chi connectivity index (χ1) is 12.0. The molecular formula is C20H21NO4. The van der Waals surface area contributed by atoms with Gasteiger partial charge < -0.3 is 9.47 Å². The van der Waals surface area contributed by atoms with Crippen LogP contribution < -0.4 is 4.90 Å². The van der Waals surface area contributed by atoms with Gasteiger partial charge in [-0.25, -0.2) is 4.79 Å². The lowest BCUT2D eigenvalue weighted by atomic mass is 10.0. The predicted octanol–water partition coefficient (Wildman–Crippen LogP) is 3.04. The van der Waals surface area contributed by atoms with Gasteiger partial charge in [-0.1, -0.05) is 42.3 Å². The number of ether oxygens (including phenoxy) is 2. The van der Waals surface area contributed by atoms with Crippen molar-refractivity contribution < 1.29 is 19.1 Å². The van der Waals surface area contributed by atoms with Crippen LogP contribution in [0.3, 0.4) is 0 Å². The molecule has 0 fully saturated rings. The fourth-order valence-corrected chi connectivity index (χ4v) is 2.73. The van der Waals surface area contributed by atoms with Crippen LogP contribution in [-0.2, 0) is 19.1 Å². The van der Waals surface area contributed by atoms with Crippen LogP contribution >= 0.6 is 0 Å². The second-order valence-electron chi connectivity index (χ2n) is 5.56. The molecule has 0 aromatic heterocycles. The SMILES string of the molecule is CC#COCC(=O)N(c1c(C)ccc2ccccc12)[C@@H](C)C(=O)OC. The summed E-state index contributed by atoms with van der Waals surface area (Å²) in [6.07, 6.45) is 2.41. The summed E-state index contributed by atoms with van der Waals surface area (Å²) in [7, 11) is 1.30. The molecule has 25 heavy (non-hydrogen) atoms. The molecule has 0 radical (unpaired) electrons. The standard InChI is InChI=1S/C20H21NO4/c1-5-12-25-13-18(22)21(15(3)20(23)24-4)19-14(2)10-11-16-8-6-7-9-17(16)19/h6-11,15H,13H2,1-4H3/t15-/m0/s1. The van der Waals surface area contributed by atoms with Gasteiger partial charge in [0.15, 0.2) is 6.61 Å². The molecule has 0 spiro atoms. The van der Waals surface area contributed by atoms with Crippen molar-refractivity contribution in [1.82, 2.24) is 0 Å². The summed E-state index contributed by atoms with van der Waals surface area (Å²) >= 11 is 0. The topological polar surface area (TPSA) is 55.8 Å². The molecule has 2 aromatic carbocycles. The quantitative estimate of drug-likeness (QED) is 0.621. The first kappa shape index (κ1) is 18.3. The highest BCUT2D eigenvalue weighted by Crippen LogP contribution is 2.32. The summed E-state index contributed by atoms with van der Waals surface area (Å²) in [6.45, 7) is 4.91.